The SMILES string of the molecule is CC1(C)OCC(Cc2ccc(OCc3ccccn3)cc2)N1C(=O)O. The Labute approximate surface area is 147 Å². The second-order valence-electron chi connectivity index (χ2n) is 6.52. The van der Waals surface area contributed by atoms with Crippen LogP contribution in [0.5, 0.6) is 5.75 Å². The van der Waals surface area contributed by atoms with Crippen LogP contribution in [-0.2, 0) is 17.8 Å². The third-order valence-corrected chi connectivity index (χ3v) is 4.29. The van der Waals surface area contributed by atoms with E-state index in [-0.39, 0.29) is 6.04 Å². The Kier molecular flexibility index (Phi) is 4.90. The highest BCUT2D eigenvalue weighted by Gasteiger charge is 2.43. The average molecular weight is 342 g/mol. The highest BCUT2D eigenvalue weighted by atomic mass is 16.5. The monoisotopic (exact) mass is 342 g/mol. The van der Waals surface area contributed by atoms with Gasteiger partial charge in [0.1, 0.15) is 18.1 Å². The minimum Gasteiger partial charge on any atom is -0.487 e. The molecule has 1 unspecified atom stereocenters. The van der Waals surface area contributed by atoms with Gasteiger partial charge in [0.05, 0.1) is 18.3 Å². The van der Waals surface area contributed by atoms with Gasteiger partial charge in [-0.1, -0.05) is 18.2 Å². The second-order valence-corrected chi connectivity index (χ2v) is 6.52. The van der Waals surface area contributed by atoms with Crippen LogP contribution in [0.3, 0.4) is 0 Å². The van der Waals surface area contributed by atoms with Crippen LogP contribution in [-0.4, -0.2) is 39.5 Å². The number of aromatic nitrogens is 1. The number of hydrogen-bond donors (Lipinski definition) is 1. The number of nitrogens with zero attached hydrogens (tertiary/aromatic N) is 2. The zero-order chi connectivity index (χ0) is 17.9. The number of benzene rings is 1. The zero-order valence-corrected chi connectivity index (χ0v) is 14.4. The van der Waals surface area contributed by atoms with Crippen molar-refractivity contribution in [2.24, 2.45) is 0 Å². The van der Waals surface area contributed by atoms with Gasteiger partial charge in [-0.25, -0.2) is 4.79 Å². The van der Waals surface area contributed by atoms with E-state index in [1.54, 1.807) is 20.0 Å². The van der Waals surface area contributed by atoms with Crippen molar-refractivity contribution >= 4 is 6.09 Å². The Balaban J connectivity index is 1.60. The van der Waals surface area contributed by atoms with Gasteiger partial charge in [-0.15, -0.1) is 0 Å². The van der Waals surface area contributed by atoms with Crippen LogP contribution >= 0.6 is 0 Å². The van der Waals surface area contributed by atoms with Crippen molar-refractivity contribution < 1.29 is 19.4 Å². The first kappa shape index (κ1) is 17.2. The predicted molar refractivity (Wildman–Crippen MR) is 92.4 cm³/mol. The highest BCUT2D eigenvalue weighted by molar-refractivity contribution is 5.66. The molecule has 0 bridgehead atoms. The fourth-order valence-corrected chi connectivity index (χ4v) is 3.06. The Morgan fingerprint density at radius 1 is 1.32 bits per heavy atom. The summed E-state index contributed by atoms with van der Waals surface area (Å²) in [5, 5.41) is 9.44. The summed E-state index contributed by atoms with van der Waals surface area (Å²) in [6.07, 6.45) is 1.39. The Bertz CT molecular complexity index is 716. The Morgan fingerprint density at radius 2 is 2.08 bits per heavy atom. The van der Waals surface area contributed by atoms with Crippen molar-refractivity contribution in [2.75, 3.05) is 6.61 Å². The summed E-state index contributed by atoms with van der Waals surface area (Å²) < 4.78 is 11.3. The summed E-state index contributed by atoms with van der Waals surface area (Å²) in [4.78, 5) is 17.1. The molecule has 1 fully saturated rings. The molecular formula is C19H22N2O4. The average Bonchev–Trinajstić information content (AvgIpc) is 2.89. The van der Waals surface area contributed by atoms with E-state index in [0.29, 0.717) is 19.6 Å². The lowest BCUT2D eigenvalue weighted by Gasteiger charge is -2.31. The molecule has 6 nitrogen and oxygen atoms in total. The standard InChI is InChI=1S/C19H22N2O4/c1-19(2)21(18(22)23)16(13-25-19)11-14-6-8-17(9-7-14)24-12-15-5-3-4-10-20-15/h3-10,16H,11-13H2,1-2H3,(H,22,23). The molecule has 25 heavy (non-hydrogen) atoms. The normalized spacial score (nSPS) is 19.0. The minimum atomic E-state index is -0.956. The van der Waals surface area contributed by atoms with Crippen LogP contribution < -0.4 is 4.74 Å². The number of rotatable bonds is 5. The number of hydrogen-bond acceptors (Lipinski definition) is 4. The number of amides is 1. The number of carboxylic acid groups (broad SMARTS) is 1. The third-order valence-electron chi connectivity index (χ3n) is 4.29. The fourth-order valence-electron chi connectivity index (χ4n) is 3.06. The molecule has 132 valence electrons. The summed E-state index contributed by atoms with van der Waals surface area (Å²) in [6, 6.07) is 13.2. The molecule has 1 atom stereocenters. The van der Waals surface area contributed by atoms with Gasteiger partial charge in [0, 0.05) is 6.20 Å². The largest absolute Gasteiger partial charge is 0.487 e. The van der Waals surface area contributed by atoms with Gasteiger partial charge in [-0.2, -0.15) is 0 Å². The topological polar surface area (TPSA) is 71.9 Å². The van der Waals surface area contributed by atoms with E-state index in [0.717, 1.165) is 17.0 Å². The van der Waals surface area contributed by atoms with E-state index < -0.39 is 11.8 Å². The maximum atomic E-state index is 11.5. The van der Waals surface area contributed by atoms with Crippen molar-refractivity contribution in [1.29, 1.82) is 0 Å². The summed E-state index contributed by atoms with van der Waals surface area (Å²) in [5.74, 6) is 0.757. The molecule has 0 radical (unpaired) electrons. The van der Waals surface area contributed by atoms with Gasteiger partial charge in [0.2, 0.25) is 0 Å². The van der Waals surface area contributed by atoms with Gasteiger partial charge in [-0.3, -0.25) is 9.88 Å². The van der Waals surface area contributed by atoms with E-state index in [1.807, 2.05) is 42.5 Å². The molecule has 2 heterocycles. The van der Waals surface area contributed by atoms with Gasteiger partial charge in [0.25, 0.3) is 0 Å². The lowest BCUT2D eigenvalue weighted by atomic mass is 10.0. The maximum Gasteiger partial charge on any atom is 0.409 e. The van der Waals surface area contributed by atoms with Crippen LogP contribution in [0.1, 0.15) is 25.1 Å². The first-order chi connectivity index (χ1) is 12.0. The minimum absolute atomic E-state index is 0.187. The Hall–Kier alpha value is -2.60. The maximum absolute atomic E-state index is 11.5. The number of carbonyl (C=O) groups is 1. The first-order valence-electron chi connectivity index (χ1n) is 8.23. The summed E-state index contributed by atoms with van der Waals surface area (Å²) in [7, 11) is 0. The molecule has 0 spiro atoms. The van der Waals surface area contributed by atoms with Gasteiger partial charge in [-0.05, 0) is 50.1 Å². The summed E-state index contributed by atoms with van der Waals surface area (Å²) >= 11 is 0. The molecule has 1 aromatic carbocycles. The van der Waals surface area contributed by atoms with Crippen LogP contribution in [0.25, 0.3) is 0 Å². The van der Waals surface area contributed by atoms with E-state index in [1.165, 1.54) is 4.90 Å². The first-order valence-corrected chi connectivity index (χ1v) is 8.23. The fraction of sp³-hybridized carbons (Fsp3) is 0.368. The molecule has 2 aromatic rings. The van der Waals surface area contributed by atoms with E-state index in [4.69, 9.17) is 9.47 Å². The lowest BCUT2D eigenvalue weighted by molar-refractivity contribution is -0.0419. The third kappa shape index (κ3) is 4.09. The molecule has 3 rings (SSSR count). The predicted octanol–water partition coefficient (Wildman–Crippen LogP) is 3.32. The second kappa shape index (κ2) is 7.11. The molecule has 1 aliphatic rings. The quantitative estimate of drug-likeness (QED) is 0.902. The molecule has 1 amide bonds. The van der Waals surface area contributed by atoms with Crippen LogP contribution in [0, 0.1) is 0 Å². The van der Waals surface area contributed by atoms with E-state index in [9.17, 15) is 9.90 Å². The molecule has 6 heteroatoms. The van der Waals surface area contributed by atoms with Crippen LogP contribution in [0.4, 0.5) is 4.79 Å². The molecule has 1 N–H and O–H groups in total. The molecule has 0 aliphatic carbocycles. The summed E-state index contributed by atoms with van der Waals surface area (Å²) in [5.41, 5.74) is 1.12. The smallest absolute Gasteiger partial charge is 0.409 e. The molecule has 1 aromatic heterocycles. The molecule has 1 aliphatic heterocycles. The molecular weight excluding hydrogens is 320 g/mol. The van der Waals surface area contributed by atoms with Crippen molar-refractivity contribution in [1.82, 2.24) is 9.88 Å². The number of pyridine rings is 1. The summed E-state index contributed by atoms with van der Waals surface area (Å²) in [6.45, 7) is 4.36. The Morgan fingerprint density at radius 3 is 2.72 bits per heavy atom. The van der Waals surface area contributed by atoms with Crippen molar-refractivity contribution in [2.45, 2.75) is 38.6 Å². The van der Waals surface area contributed by atoms with Gasteiger partial charge in [0.15, 0.2) is 0 Å². The zero-order valence-electron chi connectivity index (χ0n) is 14.4. The number of ether oxygens (including phenoxy) is 2. The van der Waals surface area contributed by atoms with Gasteiger partial charge < -0.3 is 14.6 Å². The lowest BCUT2D eigenvalue weighted by Crippen LogP contribution is -2.47. The highest BCUT2D eigenvalue weighted by Crippen LogP contribution is 2.29. The van der Waals surface area contributed by atoms with Crippen molar-refractivity contribution in [3.05, 3.63) is 59.9 Å². The molecule has 0 saturated carbocycles. The van der Waals surface area contributed by atoms with E-state index >= 15 is 0 Å². The van der Waals surface area contributed by atoms with Gasteiger partial charge >= 0.3 is 6.09 Å². The van der Waals surface area contributed by atoms with Crippen LogP contribution in [0.2, 0.25) is 0 Å². The molecule has 1 saturated heterocycles. The van der Waals surface area contributed by atoms with Crippen molar-refractivity contribution in [3.63, 3.8) is 0 Å². The van der Waals surface area contributed by atoms with Crippen LogP contribution in [0.15, 0.2) is 48.7 Å². The van der Waals surface area contributed by atoms with E-state index in [2.05, 4.69) is 4.98 Å². The van der Waals surface area contributed by atoms with Crippen molar-refractivity contribution in [3.8, 4) is 5.75 Å².